The first-order valence-corrected chi connectivity index (χ1v) is 6.87. The Balaban J connectivity index is 2.34. The molecule has 0 aromatic carbocycles. The van der Waals surface area contributed by atoms with E-state index in [0.717, 1.165) is 31.4 Å². The molecule has 0 amide bonds. The first kappa shape index (κ1) is 11.9. The molecule has 14 heavy (non-hydrogen) atoms. The fraction of sp³-hybridized carbons (Fsp3) is 0.909. The van der Waals surface area contributed by atoms with Crippen LogP contribution in [0, 0.1) is 11.8 Å². The van der Waals surface area contributed by atoms with Gasteiger partial charge in [0.05, 0.1) is 5.92 Å². The molecule has 1 aliphatic carbocycles. The van der Waals surface area contributed by atoms with Crippen LogP contribution in [-0.4, -0.2) is 23.1 Å². The van der Waals surface area contributed by atoms with Gasteiger partial charge in [-0.05, 0) is 43.6 Å². The molecule has 0 aromatic rings. The molecule has 0 radical (unpaired) electrons. The molecule has 0 heterocycles. The maximum absolute atomic E-state index is 11.1. The third-order valence-corrected chi connectivity index (χ3v) is 3.85. The van der Waals surface area contributed by atoms with Crippen LogP contribution in [-0.2, 0) is 4.79 Å². The lowest BCUT2D eigenvalue weighted by Crippen LogP contribution is -2.21. The summed E-state index contributed by atoms with van der Waals surface area (Å²) in [6.45, 7) is 0. The first-order valence-electron chi connectivity index (χ1n) is 5.47. The largest absolute Gasteiger partial charge is 0.481 e. The molecule has 1 saturated carbocycles. The van der Waals surface area contributed by atoms with E-state index in [1.165, 1.54) is 12.8 Å². The van der Waals surface area contributed by atoms with Gasteiger partial charge in [0.15, 0.2) is 0 Å². The highest BCUT2D eigenvalue weighted by atomic mass is 32.2. The van der Waals surface area contributed by atoms with Gasteiger partial charge in [-0.1, -0.05) is 12.8 Å². The predicted octanol–water partition coefficient (Wildman–Crippen LogP) is 3.02. The van der Waals surface area contributed by atoms with Crippen LogP contribution in [0.15, 0.2) is 0 Å². The van der Waals surface area contributed by atoms with Crippen molar-refractivity contribution in [3.63, 3.8) is 0 Å². The van der Waals surface area contributed by atoms with Crippen molar-refractivity contribution in [2.24, 2.45) is 11.8 Å². The molecule has 2 nitrogen and oxygen atoms in total. The third-order valence-electron chi connectivity index (χ3n) is 3.15. The van der Waals surface area contributed by atoms with Crippen molar-refractivity contribution in [2.45, 2.75) is 38.5 Å². The molecular weight excluding hydrogens is 196 g/mol. The minimum absolute atomic E-state index is 0.0651. The van der Waals surface area contributed by atoms with Crippen molar-refractivity contribution in [1.29, 1.82) is 0 Å². The van der Waals surface area contributed by atoms with Gasteiger partial charge in [-0.3, -0.25) is 4.79 Å². The maximum Gasteiger partial charge on any atom is 0.306 e. The van der Waals surface area contributed by atoms with Crippen LogP contribution in [0.3, 0.4) is 0 Å². The molecular formula is C11H20O2S. The number of carboxylic acid groups (broad SMARTS) is 1. The zero-order valence-corrected chi connectivity index (χ0v) is 9.68. The van der Waals surface area contributed by atoms with Crippen molar-refractivity contribution in [2.75, 3.05) is 12.0 Å². The summed E-state index contributed by atoms with van der Waals surface area (Å²) in [6, 6.07) is 0. The minimum atomic E-state index is -0.571. The maximum atomic E-state index is 11.1. The zero-order chi connectivity index (χ0) is 10.4. The number of carbonyl (C=O) groups is 1. The summed E-state index contributed by atoms with van der Waals surface area (Å²) in [5.41, 5.74) is 0. The summed E-state index contributed by atoms with van der Waals surface area (Å²) in [5, 5.41) is 9.13. The summed E-state index contributed by atoms with van der Waals surface area (Å²) in [4.78, 5) is 11.1. The van der Waals surface area contributed by atoms with Gasteiger partial charge in [0, 0.05) is 0 Å². The molecule has 1 fully saturated rings. The Morgan fingerprint density at radius 1 is 1.50 bits per heavy atom. The number of aliphatic carboxylic acids is 1. The molecule has 82 valence electrons. The lowest BCUT2D eigenvalue weighted by Gasteiger charge is -2.18. The van der Waals surface area contributed by atoms with Gasteiger partial charge < -0.3 is 5.11 Å². The summed E-state index contributed by atoms with van der Waals surface area (Å²) in [7, 11) is 0. The van der Waals surface area contributed by atoms with Crippen molar-refractivity contribution < 1.29 is 9.90 Å². The van der Waals surface area contributed by atoms with Crippen LogP contribution in [0.4, 0.5) is 0 Å². The fourth-order valence-corrected chi connectivity index (χ4v) is 2.82. The molecule has 1 N–H and O–H groups in total. The van der Waals surface area contributed by atoms with Gasteiger partial charge in [0.1, 0.15) is 0 Å². The standard InChI is InChI=1S/C11H20O2S/c1-14-8-4-7-10(11(12)13)9-5-2-3-6-9/h9-10H,2-8H2,1H3,(H,12,13). The monoisotopic (exact) mass is 216 g/mol. The van der Waals surface area contributed by atoms with Crippen molar-refractivity contribution in [3.05, 3.63) is 0 Å². The van der Waals surface area contributed by atoms with Crippen LogP contribution >= 0.6 is 11.8 Å². The van der Waals surface area contributed by atoms with E-state index < -0.39 is 5.97 Å². The summed E-state index contributed by atoms with van der Waals surface area (Å²) in [6.07, 6.45) is 8.74. The number of thioether (sulfide) groups is 1. The second-order valence-corrected chi connectivity index (χ2v) is 5.11. The number of carboxylic acids is 1. The van der Waals surface area contributed by atoms with E-state index in [4.69, 9.17) is 5.11 Å². The fourth-order valence-electron chi connectivity index (χ4n) is 2.37. The van der Waals surface area contributed by atoms with Crippen LogP contribution in [0.1, 0.15) is 38.5 Å². The van der Waals surface area contributed by atoms with E-state index in [1.54, 1.807) is 11.8 Å². The highest BCUT2D eigenvalue weighted by molar-refractivity contribution is 7.98. The lowest BCUT2D eigenvalue weighted by molar-refractivity contribution is -0.143. The first-order chi connectivity index (χ1) is 6.75. The molecule has 1 aliphatic rings. The third kappa shape index (κ3) is 3.52. The van der Waals surface area contributed by atoms with Crippen molar-refractivity contribution >= 4 is 17.7 Å². The summed E-state index contributed by atoms with van der Waals surface area (Å²) < 4.78 is 0. The van der Waals surface area contributed by atoms with Gasteiger partial charge >= 0.3 is 5.97 Å². The molecule has 0 saturated heterocycles. The van der Waals surface area contributed by atoms with Gasteiger partial charge in [-0.2, -0.15) is 11.8 Å². The normalized spacial score (nSPS) is 19.8. The molecule has 0 spiro atoms. The van der Waals surface area contributed by atoms with Crippen LogP contribution < -0.4 is 0 Å². The molecule has 3 heteroatoms. The van der Waals surface area contributed by atoms with Gasteiger partial charge in [0.2, 0.25) is 0 Å². The topological polar surface area (TPSA) is 37.3 Å². The Morgan fingerprint density at radius 2 is 2.14 bits per heavy atom. The molecule has 0 bridgehead atoms. The second-order valence-electron chi connectivity index (χ2n) is 4.12. The summed E-state index contributed by atoms with van der Waals surface area (Å²) >= 11 is 1.80. The average Bonchev–Trinajstić information content (AvgIpc) is 2.64. The van der Waals surface area contributed by atoms with E-state index >= 15 is 0 Å². The Bertz CT molecular complexity index is 176. The molecule has 1 atom stereocenters. The quantitative estimate of drug-likeness (QED) is 0.693. The van der Waals surface area contributed by atoms with E-state index in [9.17, 15) is 4.79 Å². The van der Waals surface area contributed by atoms with E-state index in [0.29, 0.717) is 5.92 Å². The molecule has 0 aromatic heterocycles. The zero-order valence-electron chi connectivity index (χ0n) is 8.87. The predicted molar refractivity (Wildman–Crippen MR) is 60.7 cm³/mol. The Kier molecular flexibility index (Phi) is 5.38. The molecule has 0 aliphatic heterocycles. The Morgan fingerprint density at radius 3 is 2.64 bits per heavy atom. The minimum Gasteiger partial charge on any atom is -0.481 e. The lowest BCUT2D eigenvalue weighted by atomic mass is 9.87. The van der Waals surface area contributed by atoms with Crippen LogP contribution in [0.5, 0.6) is 0 Å². The van der Waals surface area contributed by atoms with E-state index in [2.05, 4.69) is 6.26 Å². The van der Waals surface area contributed by atoms with Crippen LogP contribution in [0.25, 0.3) is 0 Å². The molecule has 1 rings (SSSR count). The highest BCUT2D eigenvalue weighted by Crippen LogP contribution is 2.34. The number of hydrogen-bond acceptors (Lipinski definition) is 2. The summed E-state index contributed by atoms with van der Waals surface area (Å²) in [5.74, 6) is 0.924. The number of hydrogen-bond donors (Lipinski definition) is 1. The molecule has 1 unspecified atom stereocenters. The smallest absolute Gasteiger partial charge is 0.306 e. The Hall–Kier alpha value is -0.180. The average molecular weight is 216 g/mol. The second kappa shape index (κ2) is 6.33. The van der Waals surface area contributed by atoms with Crippen molar-refractivity contribution in [1.82, 2.24) is 0 Å². The van der Waals surface area contributed by atoms with E-state index in [1.807, 2.05) is 0 Å². The van der Waals surface area contributed by atoms with Gasteiger partial charge in [0.25, 0.3) is 0 Å². The van der Waals surface area contributed by atoms with E-state index in [-0.39, 0.29) is 5.92 Å². The Labute approximate surface area is 90.5 Å². The van der Waals surface area contributed by atoms with Gasteiger partial charge in [-0.15, -0.1) is 0 Å². The highest BCUT2D eigenvalue weighted by Gasteiger charge is 2.29. The number of rotatable bonds is 6. The van der Waals surface area contributed by atoms with Gasteiger partial charge in [-0.25, -0.2) is 0 Å². The van der Waals surface area contributed by atoms with Crippen LogP contribution in [0.2, 0.25) is 0 Å². The SMILES string of the molecule is CSCCCC(C(=O)O)C1CCCC1. The van der Waals surface area contributed by atoms with Crippen molar-refractivity contribution in [3.8, 4) is 0 Å².